The lowest BCUT2D eigenvalue weighted by Gasteiger charge is -2.46. The molecule has 1 aliphatic carbocycles. The molecule has 2 amide bonds. The lowest BCUT2D eigenvalue weighted by atomic mass is 9.80. The van der Waals surface area contributed by atoms with Gasteiger partial charge in [0.1, 0.15) is 5.60 Å². The van der Waals surface area contributed by atoms with E-state index in [1.54, 1.807) is 18.4 Å². The van der Waals surface area contributed by atoms with Gasteiger partial charge in [0.25, 0.3) is 5.91 Å². The summed E-state index contributed by atoms with van der Waals surface area (Å²) in [6, 6.07) is 4.24. The molecule has 9 nitrogen and oxygen atoms in total. The minimum absolute atomic E-state index is 0.000684. The summed E-state index contributed by atoms with van der Waals surface area (Å²) in [5.41, 5.74) is -0.312. The first-order chi connectivity index (χ1) is 20.0. The largest absolute Gasteiger partial charge is 0.490 e. The zero-order valence-corrected chi connectivity index (χ0v) is 24.4. The predicted molar refractivity (Wildman–Crippen MR) is 148 cm³/mol. The van der Waals surface area contributed by atoms with Gasteiger partial charge in [-0.3, -0.25) is 9.69 Å². The van der Waals surface area contributed by atoms with Crippen LogP contribution in [0.2, 0.25) is 0 Å². The highest BCUT2D eigenvalue weighted by atomic mass is 19.4. The number of carboxylic acid groups (broad SMARTS) is 1. The van der Waals surface area contributed by atoms with Crippen molar-refractivity contribution in [3.63, 3.8) is 0 Å². The molecule has 0 radical (unpaired) electrons. The molecule has 4 aliphatic rings. The van der Waals surface area contributed by atoms with Crippen molar-refractivity contribution in [2.75, 3.05) is 32.7 Å². The SMILES string of the molecule is CCCCC1N(CC2CCCCC2)C(=O)OC12CCN(C1CCN(C(=O)c3ccco3)CC1)CC2.O=C(O)C(F)(F)F. The van der Waals surface area contributed by atoms with Crippen molar-refractivity contribution in [1.29, 1.82) is 0 Å². The van der Waals surface area contributed by atoms with Crippen LogP contribution in [0.4, 0.5) is 18.0 Å². The number of likely N-dealkylation sites (tertiary alicyclic amines) is 2. The monoisotopic (exact) mass is 599 g/mol. The van der Waals surface area contributed by atoms with Crippen LogP contribution < -0.4 is 0 Å². The number of furan rings is 1. The maximum Gasteiger partial charge on any atom is 0.490 e. The van der Waals surface area contributed by atoms with Crippen LogP contribution in [0, 0.1) is 5.92 Å². The molecular weight excluding hydrogens is 555 g/mol. The van der Waals surface area contributed by atoms with Gasteiger partial charge in [-0.2, -0.15) is 13.2 Å². The van der Waals surface area contributed by atoms with E-state index in [2.05, 4.69) is 16.7 Å². The molecule has 12 heteroatoms. The third-order valence-electron chi connectivity index (χ3n) is 9.41. The quantitative estimate of drug-likeness (QED) is 0.414. The minimum Gasteiger partial charge on any atom is -0.475 e. The number of aliphatic carboxylic acids is 1. The van der Waals surface area contributed by atoms with Crippen LogP contribution in [0.25, 0.3) is 0 Å². The summed E-state index contributed by atoms with van der Waals surface area (Å²) >= 11 is 0. The normalized spacial score (nSPS) is 23.9. The Bertz CT molecular complexity index is 1030. The van der Waals surface area contributed by atoms with Crippen LogP contribution in [0.3, 0.4) is 0 Å². The van der Waals surface area contributed by atoms with Gasteiger partial charge in [0.05, 0.1) is 12.3 Å². The fourth-order valence-corrected chi connectivity index (χ4v) is 7.07. The van der Waals surface area contributed by atoms with Gasteiger partial charge in [0.2, 0.25) is 0 Å². The highest BCUT2D eigenvalue weighted by Gasteiger charge is 2.55. The maximum absolute atomic E-state index is 13.1. The molecule has 42 heavy (non-hydrogen) atoms. The highest BCUT2D eigenvalue weighted by Crippen LogP contribution is 2.43. The van der Waals surface area contributed by atoms with E-state index in [1.807, 2.05) is 4.90 Å². The van der Waals surface area contributed by atoms with E-state index in [9.17, 15) is 22.8 Å². The Kier molecular flexibility index (Phi) is 10.8. The number of nitrogens with zero attached hydrogens (tertiary/aromatic N) is 3. The first-order valence-corrected chi connectivity index (χ1v) is 15.4. The second-order valence-corrected chi connectivity index (χ2v) is 12.1. The van der Waals surface area contributed by atoms with Gasteiger partial charge in [0.15, 0.2) is 5.76 Å². The van der Waals surface area contributed by atoms with Gasteiger partial charge >= 0.3 is 18.2 Å². The Hall–Kier alpha value is -2.76. The number of hydrogen-bond donors (Lipinski definition) is 1. The molecule has 0 aromatic carbocycles. The van der Waals surface area contributed by atoms with E-state index in [0.717, 1.165) is 77.7 Å². The molecule has 1 N–H and O–H groups in total. The van der Waals surface area contributed by atoms with Crippen LogP contribution in [0.5, 0.6) is 0 Å². The Morgan fingerprint density at radius 2 is 1.69 bits per heavy atom. The second-order valence-electron chi connectivity index (χ2n) is 12.1. The summed E-state index contributed by atoms with van der Waals surface area (Å²) in [5.74, 6) is -1.68. The number of rotatable bonds is 7. The Balaban J connectivity index is 0.000000517. The molecule has 1 aromatic rings. The van der Waals surface area contributed by atoms with Crippen molar-refractivity contribution in [3.8, 4) is 0 Å². The average molecular weight is 600 g/mol. The molecule has 1 atom stereocenters. The van der Waals surface area contributed by atoms with E-state index in [1.165, 1.54) is 32.1 Å². The van der Waals surface area contributed by atoms with Gasteiger partial charge in [-0.15, -0.1) is 0 Å². The van der Waals surface area contributed by atoms with Gasteiger partial charge in [-0.1, -0.05) is 39.0 Å². The van der Waals surface area contributed by atoms with Gasteiger partial charge in [-0.25, -0.2) is 9.59 Å². The number of carbonyl (C=O) groups excluding carboxylic acids is 2. The number of unbranched alkanes of at least 4 members (excludes halogenated alkanes) is 1. The second kappa shape index (κ2) is 14.1. The molecule has 4 heterocycles. The third kappa shape index (κ3) is 7.79. The summed E-state index contributed by atoms with van der Waals surface area (Å²) in [7, 11) is 0. The number of ether oxygens (including phenoxy) is 1. The summed E-state index contributed by atoms with van der Waals surface area (Å²) in [5, 5.41) is 7.12. The topological polar surface area (TPSA) is 104 Å². The van der Waals surface area contributed by atoms with Gasteiger partial charge in [0, 0.05) is 51.6 Å². The summed E-state index contributed by atoms with van der Waals surface area (Å²) in [6.07, 6.45) is 10.1. The van der Waals surface area contributed by atoms with Gasteiger partial charge < -0.3 is 24.1 Å². The lowest BCUT2D eigenvalue weighted by molar-refractivity contribution is -0.192. The lowest BCUT2D eigenvalue weighted by Crippen LogP contribution is -2.56. The van der Waals surface area contributed by atoms with Crippen LogP contribution in [-0.2, 0) is 9.53 Å². The van der Waals surface area contributed by atoms with E-state index in [0.29, 0.717) is 17.7 Å². The molecule has 4 fully saturated rings. The summed E-state index contributed by atoms with van der Waals surface area (Å²) < 4.78 is 43.3. The average Bonchev–Trinajstić information content (AvgIpc) is 3.60. The molecule has 3 saturated heterocycles. The highest BCUT2D eigenvalue weighted by molar-refractivity contribution is 5.91. The predicted octanol–water partition coefficient (Wildman–Crippen LogP) is 5.94. The van der Waals surface area contributed by atoms with Gasteiger partial charge in [-0.05, 0) is 50.2 Å². The molecule has 1 unspecified atom stereocenters. The van der Waals surface area contributed by atoms with Crippen LogP contribution in [-0.4, -0.2) is 94.4 Å². The van der Waals surface area contributed by atoms with Crippen molar-refractivity contribution < 1.29 is 41.8 Å². The van der Waals surface area contributed by atoms with Crippen molar-refractivity contribution >= 4 is 18.0 Å². The molecule has 3 aliphatic heterocycles. The molecule has 1 aromatic heterocycles. The van der Waals surface area contributed by atoms with Crippen molar-refractivity contribution in [2.24, 2.45) is 5.92 Å². The van der Waals surface area contributed by atoms with Crippen molar-refractivity contribution in [3.05, 3.63) is 24.2 Å². The third-order valence-corrected chi connectivity index (χ3v) is 9.41. The fraction of sp³-hybridized carbons (Fsp3) is 0.767. The van der Waals surface area contributed by atoms with Crippen LogP contribution in [0.1, 0.15) is 94.5 Å². The van der Waals surface area contributed by atoms with Crippen LogP contribution in [0.15, 0.2) is 22.8 Å². The smallest absolute Gasteiger partial charge is 0.475 e. The van der Waals surface area contributed by atoms with E-state index in [4.69, 9.17) is 19.1 Å². The maximum atomic E-state index is 13.1. The van der Waals surface area contributed by atoms with Crippen molar-refractivity contribution in [2.45, 2.75) is 108 Å². The van der Waals surface area contributed by atoms with E-state index in [-0.39, 0.29) is 23.6 Å². The Morgan fingerprint density at radius 1 is 1.05 bits per heavy atom. The van der Waals surface area contributed by atoms with E-state index < -0.39 is 12.1 Å². The zero-order chi connectivity index (χ0) is 30.3. The molecule has 236 valence electrons. The summed E-state index contributed by atoms with van der Waals surface area (Å²) in [4.78, 5) is 41.3. The number of hydrogen-bond acceptors (Lipinski definition) is 6. The van der Waals surface area contributed by atoms with Crippen LogP contribution >= 0.6 is 0 Å². The Morgan fingerprint density at radius 3 is 2.24 bits per heavy atom. The first kappa shape index (κ1) is 32.2. The number of piperidine rings is 2. The number of halogens is 3. The standard InChI is InChI=1S/C28H43N3O4.C2HF3O2/c1-2-3-11-25-28(35-27(33)31(25)21-22-8-5-4-6-9-22)14-18-29(19-15-28)23-12-16-30(17-13-23)26(32)24-10-7-20-34-24;3-2(4,5)1(6)7/h7,10,20,22-23,25H,2-6,8-9,11-19,21H2,1H3;(H,6,7). The summed E-state index contributed by atoms with van der Waals surface area (Å²) in [6.45, 7) is 6.63. The molecule has 1 saturated carbocycles. The number of carbonyl (C=O) groups is 3. The minimum atomic E-state index is -5.08. The molecular formula is C30H44F3N3O6. The zero-order valence-electron chi connectivity index (χ0n) is 24.4. The van der Waals surface area contributed by atoms with Crippen molar-refractivity contribution in [1.82, 2.24) is 14.7 Å². The van der Waals surface area contributed by atoms with E-state index >= 15 is 0 Å². The number of carboxylic acids is 1. The molecule has 1 spiro atoms. The fourth-order valence-electron chi connectivity index (χ4n) is 7.07. The Labute approximate surface area is 245 Å². The number of alkyl halides is 3. The number of amides is 2. The molecule has 0 bridgehead atoms. The first-order valence-electron chi connectivity index (χ1n) is 15.4. The molecule has 5 rings (SSSR count).